The molecule has 3 heterocycles. The number of hydrogen-bond donors (Lipinski definition) is 1. The van der Waals surface area contributed by atoms with Gasteiger partial charge < -0.3 is 10.2 Å². The molecule has 3 aromatic rings. The lowest BCUT2D eigenvalue weighted by atomic mass is 10.0. The summed E-state index contributed by atoms with van der Waals surface area (Å²) in [4.78, 5) is 19.8. The number of carbonyl (C=O) groups is 1. The van der Waals surface area contributed by atoms with Gasteiger partial charge in [-0.05, 0) is 57.9 Å². The van der Waals surface area contributed by atoms with E-state index in [-0.39, 0.29) is 17.6 Å². The second-order valence-corrected chi connectivity index (χ2v) is 7.93. The van der Waals surface area contributed by atoms with Gasteiger partial charge in [0.2, 0.25) is 0 Å². The van der Waals surface area contributed by atoms with Gasteiger partial charge in [0.05, 0.1) is 17.0 Å². The number of aromatic nitrogens is 3. The minimum absolute atomic E-state index is 0.0401. The molecule has 0 aliphatic carbocycles. The maximum Gasteiger partial charge on any atom is 0.255 e. The highest BCUT2D eigenvalue weighted by molar-refractivity contribution is 5.96. The molecule has 8 heteroatoms. The van der Waals surface area contributed by atoms with E-state index < -0.39 is 11.6 Å². The number of halogens is 2. The first-order valence-corrected chi connectivity index (χ1v) is 10.3. The van der Waals surface area contributed by atoms with Crippen LogP contribution in [0.5, 0.6) is 0 Å². The van der Waals surface area contributed by atoms with Gasteiger partial charge >= 0.3 is 0 Å². The van der Waals surface area contributed by atoms with Crippen LogP contribution in [0.15, 0.2) is 36.4 Å². The molecule has 0 atom stereocenters. The number of rotatable bonds is 4. The summed E-state index contributed by atoms with van der Waals surface area (Å²) in [5.41, 5.74) is 2.53. The summed E-state index contributed by atoms with van der Waals surface area (Å²) >= 11 is 0. The van der Waals surface area contributed by atoms with E-state index in [4.69, 9.17) is 0 Å². The fraction of sp³-hybridized carbons (Fsp3) is 0.348. The molecule has 0 radical (unpaired) electrons. The molecule has 0 unspecified atom stereocenters. The Labute approximate surface area is 179 Å². The lowest BCUT2D eigenvalue weighted by molar-refractivity contribution is 0.0930. The van der Waals surface area contributed by atoms with Crippen molar-refractivity contribution in [3.8, 4) is 5.69 Å². The smallest absolute Gasteiger partial charge is 0.255 e. The Hall–Kier alpha value is -3.29. The number of aryl methyl sites for hydroxylation is 2. The van der Waals surface area contributed by atoms with Gasteiger partial charge in [-0.15, -0.1) is 0 Å². The van der Waals surface area contributed by atoms with E-state index in [1.54, 1.807) is 13.8 Å². The fourth-order valence-electron chi connectivity index (χ4n) is 4.07. The van der Waals surface area contributed by atoms with Crippen LogP contribution in [0.25, 0.3) is 5.69 Å². The number of amides is 1. The highest BCUT2D eigenvalue weighted by Gasteiger charge is 2.26. The Kier molecular flexibility index (Phi) is 5.71. The van der Waals surface area contributed by atoms with Crippen molar-refractivity contribution in [1.29, 1.82) is 0 Å². The first kappa shape index (κ1) is 21.0. The predicted molar refractivity (Wildman–Crippen MR) is 115 cm³/mol. The molecule has 1 aliphatic heterocycles. The molecule has 0 saturated carbocycles. The first-order valence-electron chi connectivity index (χ1n) is 10.3. The van der Waals surface area contributed by atoms with E-state index in [1.807, 2.05) is 25.1 Å². The van der Waals surface area contributed by atoms with E-state index in [2.05, 4.69) is 20.3 Å². The number of benzene rings is 1. The second kappa shape index (κ2) is 8.45. The summed E-state index contributed by atoms with van der Waals surface area (Å²) in [6.45, 7) is 7.01. The standard InChI is InChI=1S/C23H25F2N5O/c1-14-5-4-6-21(26-14)29-11-9-18(10-12-29)27-23(31)22-15(2)28-30(16(22)3)20-8-7-17(24)13-19(20)25/h4-8,13,18H,9-12H2,1-3H3,(H,27,31). The van der Waals surface area contributed by atoms with Crippen LogP contribution in [0, 0.1) is 32.4 Å². The van der Waals surface area contributed by atoms with Gasteiger partial charge in [0, 0.05) is 30.9 Å². The van der Waals surface area contributed by atoms with Crippen LogP contribution >= 0.6 is 0 Å². The number of anilines is 1. The van der Waals surface area contributed by atoms with Crippen molar-refractivity contribution < 1.29 is 13.6 Å². The van der Waals surface area contributed by atoms with Crippen LogP contribution in [0.3, 0.4) is 0 Å². The van der Waals surface area contributed by atoms with E-state index in [0.717, 1.165) is 43.5 Å². The summed E-state index contributed by atoms with van der Waals surface area (Å²) in [6, 6.07) is 9.31. The third kappa shape index (κ3) is 4.28. The molecule has 1 N–H and O–H groups in total. The topological polar surface area (TPSA) is 63.1 Å². The van der Waals surface area contributed by atoms with E-state index >= 15 is 0 Å². The SMILES string of the molecule is Cc1cccc(N2CCC(NC(=O)c3c(C)nn(-c4ccc(F)cc4F)c3C)CC2)n1. The zero-order valence-electron chi connectivity index (χ0n) is 17.8. The lowest BCUT2D eigenvalue weighted by Crippen LogP contribution is -2.45. The van der Waals surface area contributed by atoms with Crippen LogP contribution < -0.4 is 10.2 Å². The maximum absolute atomic E-state index is 14.2. The molecule has 4 rings (SSSR count). The molecule has 6 nitrogen and oxygen atoms in total. The molecule has 0 bridgehead atoms. The van der Waals surface area contributed by atoms with Crippen molar-refractivity contribution in [3.63, 3.8) is 0 Å². The quantitative estimate of drug-likeness (QED) is 0.689. The zero-order valence-corrected chi connectivity index (χ0v) is 17.8. The molecule has 31 heavy (non-hydrogen) atoms. The molecule has 1 aromatic carbocycles. The van der Waals surface area contributed by atoms with E-state index in [0.29, 0.717) is 17.0 Å². The number of hydrogen-bond acceptors (Lipinski definition) is 4. The average Bonchev–Trinajstić information content (AvgIpc) is 3.02. The summed E-state index contributed by atoms with van der Waals surface area (Å²) in [5, 5.41) is 7.42. The van der Waals surface area contributed by atoms with Gasteiger partial charge in [0.25, 0.3) is 5.91 Å². The highest BCUT2D eigenvalue weighted by Crippen LogP contribution is 2.22. The van der Waals surface area contributed by atoms with Gasteiger partial charge in [-0.2, -0.15) is 5.10 Å². The van der Waals surface area contributed by atoms with Crippen LogP contribution in [0.2, 0.25) is 0 Å². The number of piperidine rings is 1. The molecule has 2 aromatic heterocycles. The van der Waals surface area contributed by atoms with Crippen molar-refractivity contribution in [2.45, 2.75) is 39.7 Å². The lowest BCUT2D eigenvalue weighted by Gasteiger charge is -2.33. The molecular weight excluding hydrogens is 400 g/mol. The summed E-state index contributed by atoms with van der Waals surface area (Å²) in [5.74, 6) is -0.655. The minimum atomic E-state index is -0.727. The van der Waals surface area contributed by atoms with Crippen LogP contribution in [-0.2, 0) is 0 Å². The van der Waals surface area contributed by atoms with Crippen molar-refractivity contribution in [2.75, 3.05) is 18.0 Å². The fourth-order valence-corrected chi connectivity index (χ4v) is 4.07. The third-order valence-electron chi connectivity index (χ3n) is 5.68. The van der Waals surface area contributed by atoms with Gasteiger partial charge in [-0.3, -0.25) is 4.79 Å². The maximum atomic E-state index is 14.2. The number of pyridine rings is 1. The van der Waals surface area contributed by atoms with Gasteiger partial charge in [-0.25, -0.2) is 18.4 Å². The summed E-state index contributed by atoms with van der Waals surface area (Å²) < 4.78 is 28.8. The van der Waals surface area contributed by atoms with Crippen LogP contribution in [-0.4, -0.2) is 39.8 Å². The Morgan fingerprint density at radius 1 is 1.10 bits per heavy atom. The monoisotopic (exact) mass is 425 g/mol. The molecule has 0 spiro atoms. The normalized spacial score (nSPS) is 14.7. The van der Waals surface area contributed by atoms with Crippen molar-refractivity contribution in [3.05, 3.63) is 70.7 Å². The second-order valence-electron chi connectivity index (χ2n) is 7.93. The molecule has 1 amide bonds. The Bertz CT molecular complexity index is 1120. The summed E-state index contributed by atoms with van der Waals surface area (Å²) in [7, 11) is 0. The van der Waals surface area contributed by atoms with Crippen molar-refractivity contribution >= 4 is 11.7 Å². The van der Waals surface area contributed by atoms with Crippen molar-refractivity contribution in [2.24, 2.45) is 0 Å². The highest BCUT2D eigenvalue weighted by atomic mass is 19.1. The molecule has 162 valence electrons. The van der Waals surface area contributed by atoms with Crippen molar-refractivity contribution in [1.82, 2.24) is 20.1 Å². The Morgan fingerprint density at radius 2 is 1.84 bits per heavy atom. The third-order valence-corrected chi connectivity index (χ3v) is 5.68. The van der Waals surface area contributed by atoms with Gasteiger partial charge in [-0.1, -0.05) is 6.07 Å². The molecule has 1 saturated heterocycles. The number of nitrogens with zero attached hydrogens (tertiary/aromatic N) is 4. The van der Waals surface area contributed by atoms with Gasteiger partial charge in [0.15, 0.2) is 5.82 Å². The van der Waals surface area contributed by atoms with Crippen LogP contribution in [0.4, 0.5) is 14.6 Å². The van der Waals surface area contributed by atoms with E-state index in [9.17, 15) is 13.6 Å². The Morgan fingerprint density at radius 3 is 2.52 bits per heavy atom. The number of carbonyl (C=O) groups excluding carboxylic acids is 1. The van der Waals surface area contributed by atoms with E-state index in [1.165, 1.54) is 16.8 Å². The molecule has 1 aliphatic rings. The first-order chi connectivity index (χ1) is 14.8. The molecule has 1 fully saturated rings. The zero-order chi connectivity index (χ0) is 22.1. The minimum Gasteiger partial charge on any atom is -0.356 e. The van der Waals surface area contributed by atoms with Gasteiger partial charge in [0.1, 0.15) is 17.3 Å². The predicted octanol–water partition coefficient (Wildman–Crippen LogP) is 3.87. The summed E-state index contributed by atoms with van der Waals surface area (Å²) in [6.07, 6.45) is 1.61. The largest absolute Gasteiger partial charge is 0.356 e. The molecular formula is C23H25F2N5O. The average molecular weight is 425 g/mol. The Balaban J connectivity index is 1.45. The number of nitrogens with one attached hydrogen (secondary N) is 1. The van der Waals surface area contributed by atoms with Crippen LogP contribution in [0.1, 0.15) is 40.3 Å².